The van der Waals surface area contributed by atoms with Crippen LogP contribution in [0.2, 0.25) is 0 Å². The van der Waals surface area contributed by atoms with Crippen LogP contribution in [-0.2, 0) is 0 Å². The van der Waals surface area contributed by atoms with E-state index in [2.05, 4.69) is 15.3 Å². The van der Waals surface area contributed by atoms with E-state index < -0.39 is 6.04 Å². The lowest BCUT2D eigenvalue weighted by molar-refractivity contribution is 0.0910. The summed E-state index contributed by atoms with van der Waals surface area (Å²) in [7, 11) is 0. The molecule has 0 unspecified atom stereocenters. The molecule has 1 amide bonds. The Bertz CT molecular complexity index is 502. The third kappa shape index (κ3) is 2.89. The molecular formula is C13H13N3O2. The molecule has 5 heteroatoms. The number of nitrogens with one attached hydrogen (secondary N) is 1. The van der Waals surface area contributed by atoms with Crippen molar-refractivity contribution >= 4 is 5.91 Å². The Kier molecular flexibility index (Phi) is 3.98. The van der Waals surface area contributed by atoms with E-state index in [-0.39, 0.29) is 18.2 Å². The van der Waals surface area contributed by atoms with Gasteiger partial charge in [0.05, 0.1) is 18.8 Å². The number of aromatic nitrogens is 2. The molecule has 1 aromatic carbocycles. The number of nitrogens with zero attached hydrogens (tertiary/aromatic N) is 2. The Labute approximate surface area is 105 Å². The number of carbonyl (C=O) groups excluding carboxylic acids is 1. The van der Waals surface area contributed by atoms with Crippen LogP contribution in [0.1, 0.15) is 22.1 Å². The molecule has 2 rings (SSSR count). The molecule has 92 valence electrons. The fraction of sp³-hybridized carbons (Fsp3) is 0.154. The molecule has 0 radical (unpaired) electrons. The smallest absolute Gasteiger partial charge is 0.272 e. The number of aliphatic hydroxyl groups is 1. The van der Waals surface area contributed by atoms with Gasteiger partial charge >= 0.3 is 0 Å². The van der Waals surface area contributed by atoms with Crippen molar-refractivity contribution in [3.8, 4) is 0 Å². The minimum absolute atomic E-state index is 0.171. The summed E-state index contributed by atoms with van der Waals surface area (Å²) in [6.07, 6.45) is 4.33. The Morgan fingerprint density at radius 3 is 2.67 bits per heavy atom. The molecule has 2 aromatic rings. The van der Waals surface area contributed by atoms with E-state index in [9.17, 15) is 9.90 Å². The van der Waals surface area contributed by atoms with Crippen LogP contribution in [0.3, 0.4) is 0 Å². The van der Waals surface area contributed by atoms with Gasteiger partial charge in [0.1, 0.15) is 5.69 Å². The van der Waals surface area contributed by atoms with Crippen molar-refractivity contribution in [2.45, 2.75) is 6.04 Å². The van der Waals surface area contributed by atoms with Gasteiger partial charge in [0, 0.05) is 12.4 Å². The van der Waals surface area contributed by atoms with Gasteiger partial charge in [-0.05, 0) is 5.56 Å². The van der Waals surface area contributed by atoms with Crippen molar-refractivity contribution in [3.05, 3.63) is 60.2 Å². The number of hydrogen-bond acceptors (Lipinski definition) is 4. The van der Waals surface area contributed by atoms with Crippen molar-refractivity contribution in [3.63, 3.8) is 0 Å². The topological polar surface area (TPSA) is 75.1 Å². The third-order valence-electron chi connectivity index (χ3n) is 2.49. The Hall–Kier alpha value is -2.27. The van der Waals surface area contributed by atoms with Crippen LogP contribution in [0, 0.1) is 0 Å². The quantitative estimate of drug-likeness (QED) is 0.838. The highest BCUT2D eigenvalue weighted by molar-refractivity contribution is 5.92. The zero-order chi connectivity index (χ0) is 12.8. The van der Waals surface area contributed by atoms with E-state index in [0.717, 1.165) is 5.56 Å². The van der Waals surface area contributed by atoms with E-state index in [1.807, 2.05) is 30.3 Å². The molecule has 0 saturated heterocycles. The van der Waals surface area contributed by atoms with Gasteiger partial charge in [0.15, 0.2) is 0 Å². The second-order valence-electron chi connectivity index (χ2n) is 3.71. The molecule has 2 N–H and O–H groups in total. The van der Waals surface area contributed by atoms with Gasteiger partial charge in [-0.1, -0.05) is 30.3 Å². The molecule has 0 saturated carbocycles. The molecule has 0 spiro atoms. The summed E-state index contributed by atoms with van der Waals surface area (Å²) >= 11 is 0. The standard InChI is InChI=1S/C13H13N3O2/c17-9-12(10-4-2-1-3-5-10)16-13(18)11-8-14-6-7-15-11/h1-8,12,17H,9H2,(H,16,18)/t12-/m1/s1. The first-order valence-electron chi connectivity index (χ1n) is 5.54. The van der Waals surface area contributed by atoms with Crippen LogP contribution >= 0.6 is 0 Å². The summed E-state index contributed by atoms with van der Waals surface area (Å²) in [6.45, 7) is -0.171. The Morgan fingerprint density at radius 1 is 1.28 bits per heavy atom. The van der Waals surface area contributed by atoms with Gasteiger partial charge in [0.25, 0.3) is 5.91 Å². The van der Waals surface area contributed by atoms with Gasteiger partial charge in [-0.3, -0.25) is 9.78 Å². The lowest BCUT2D eigenvalue weighted by atomic mass is 10.1. The summed E-state index contributed by atoms with van der Waals surface area (Å²) < 4.78 is 0. The zero-order valence-electron chi connectivity index (χ0n) is 9.65. The molecule has 1 heterocycles. The minimum atomic E-state index is -0.444. The maximum atomic E-state index is 11.9. The molecule has 0 aliphatic rings. The lowest BCUT2D eigenvalue weighted by Gasteiger charge is -2.16. The van der Waals surface area contributed by atoms with Gasteiger partial charge in [-0.15, -0.1) is 0 Å². The average molecular weight is 243 g/mol. The highest BCUT2D eigenvalue weighted by Gasteiger charge is 2.15. The molecule has 18 heavy (non-hydrogen) atoms. The SMILES string of the molecule is O=C(N[C@H](CO)c1ccccc1)c1cnccn1. The number of benzene rings is 1. The maximum absolute atomic E-state index is 11.9. The molecule has 0 aliphatic heterocycles. The van der Waals surface area contributed by atoms with Gasteiger partial charge in [-0.25, -0.2) is 4.98 Å². The van der Waals surface area contributed by atoms with Crippen molar-refractivity contribution < 1.29 is 9.90 Å². The first-order valence-corrected chi connectivity index (χ1v) is 5.54. The molecule has 0 fully saturated rings. The van der Waals surface area contributed by atoms with Gasteiger partial charge in [0.2, 0.25) is 0 Å². The number of carbonyl (C=O) groups is 1. The first kappa shape index (κ1) is 12.2. The van der Waals surface area contributed by atoms with Crippen LogP contribution in [0.25, 0.3) is 0 Å². The second-order valence-corrected chi connectivity index (χ2v) is 3.71. The maximum Gasteiger partial charge on any atom is 0.272 e. The van der Waals surface area contributed by atoms with Crippen LogP contribution < -0.4 is 5.32 Å². The van der Waals surface area contributed by atoms with E-state index in [4.69, 9.17) is 0 Å². The average Bonchev–Trinajstić information content (AvgIpc) is 2.46. The summed E-state index contributed by atoms with van der Waals surface area (Å²) in [5.74, 6) is -0.356. The number of aliphatic hydroxyl groups excluding tert-OH is 1. The summed E-state index contributed by atoms with van der Waals surface area (Å²) in [5, 5.41) is 12.0. The summed E-state index contributed by atoms with van der Waals surface area (Å²) in [5.41, 5.74) is 1.07. The van der Waals surface area contributed by atoms with Gasteiger partial charge in [-0.2, -0.15) is 0 Å². The fourth-order valence-corrected chi connectivity index (χ4v) is 1.57. The first-order chi connectivity index (χ1) is 8.81. The molecule has 0 bridgehead atoms. The molecular weight excluding hydrogens is 230 g/mol. The Balaban J connectivity index is 2.10. The van der Waals surface area contributed by atoms with Crippen LogP contribution in [0.15, 0.2) is 48.9 Å². The lowest BCUT2D eigenvalue weighted by Crippen LogP contribution is -2.31. The number of hydrogen-bond donors (Lipinski definition) is 2. The predicted molar refractivity (Wildman–Crippen MR) is 65.8 cm³/mol. The zero-order valence-corrected chi connectivity index (χ0v) is 9.65. The third-order valence-corrected chi connectivity index (χ3v) is 2.49. The molecule has 1 atom stereocenters. The molecule has 5 nitrogen and oxygen atoms in total. The predicted octanol–water partition coefficient (Wildman–Crippen LogP) is 0.940. The summed E-state index contributed by atoms with van der Waals surface area (Å²) in [6, 6.07) is 8.83. The normalized spacial score (nSPS) is 11.8. The minimum Gasteiger partial charge on any atom is -0.394 e. The van der Waals surface area contributed by atoms with Gasteiger partial charge < -0.3 is 10.4 Å². The largest absolute Gasteiger partial charge is 0.394 e. The van der Waals surface area contributed by atoms with Crippen LogP contribution in [0.5, 0.6) is 0 Å². The second kappa shape index (κ2) is 5.88. The number of amides is 1. The van der Waals surface area contributed by atoms with E-state index in [1.165, 1.54) is 18.6 Å². The summed E-state index contributed by atoms with van der Waals surface area (Å²) in [4.78, 5) is 19.6. The highest BCUT2D eigenvalue weighted by atomic mass is 16.3. The van der Waals surface area contributed by atoms with Crippen molar-refractivity contribution in [1.29, 1.82) is 0 Å². The van der Waals surface area contributed by atoms with E-state index >= 15 is 0 Å². The monoisotopic (exact) mass is 243 g/mol. The highest BCUT2D eigenvalue weighted by Crippen LogP contribution is 2.11. The molecule has 1 aromatic heterocycles. The fourth-order valence-electron chi connectivity index (χ4n) is 1.57. The van der Waals surface area contributed by atoms with Crippen LogP contribution in [-0.4, -0.2) is 27.6 Å². The van der Waals surface area contributed by atoms with E-state index in [0.29, 0.717) is 0 Å². The van der Waals surface area contributed by atoms with Crippen molar-refractivity contribution in [1.82, 2.24) is 15.3 Å². The Morgan fingerprint density at radius 2 is 2.06 bits per heavy atom. The van der Waals surface area contributed by atoms with Crippen LogP contribution in [0.4, 0.5) is 0 Å². The van der Waals surface area contributed by atoms with Crippen molar-refractivity contribution in [2.75, 3.05) is 6.61 Å². The van der Waals surface area contributed by atoms with E-state index in [1.54, 1.807) is 0 Å². The number of rotatable bonds is 4. The van der Waals surface area contributed by atoms with Crippen molar-refractivity contribution in [2.24, 2.45) is 0 Å². The molecule has 0 aliphatic carbocycles.